The average Bonchev–Trinajstić information content (AvgIpc) is 1.76. The highest BCUT2D eigenvalue weighted by Gasteiger charge is 2.24. The van der Waals surface area contributed by atoms with E-state index in [-0.39, 0.29) is 0 Å². The van der Waals surface area contributed by atoms with Gasteiger partial charge in [0.25, 0.3) is 0 Å². The van der Waals surface area contributed by atoms with Gasteiger partial charge < -0.3 is 5.73 Å². The normalized spacial score (nSPS) is 22.8. The zero-order chi connectivity index (χ0) is 7.56. The minimum Gasteiger partial charge on any atom is -0.329 e. The van der Waals surface area contributed by atoms with E-state index in [9.17, 15) is 0 Å². The fourth-order valence-electron chi connectivity index (χ4n) is 1.52. The zero-order valence-electron chi connectivity index (χ0n) is 7.01. The molecule has 2 nitrogen and oxygen atoms in total. The van der Waals surface area contributed by atoms with E-state index in [1.807, 2.05) is 0 Å². The van der Waals surface area contributed by atoms with Gasteiger partial charge >= 0.3 is 0 Å². The first kappa shape index (κ1) is 8.02. The summed E-state index contributed by atoms with van der Waals surface area (Å²) in [5.41, 5.74) is 5.64. The summed E-state index contributed by atoms with van der Waals surface area (Å²) in [5, 5.41) is 0. The Morgan fingerprint density at radius 3 is 2.10 bits per heavy atom. The third-order valence-corrected chi connectivity index (χ3v) is 2.37. The Balaban J connectivity index is 2.31. The third-order valence-electron chi connectivity index (χ3n) is 2.37. The van der Waals surface area contributed by atoms with Crippen LogP contribution in [0.1, 0.15) is 20.3 Å². The number of nitrogens with two attached hydrogens (primary N) is 1. The third kappa shape index (κ3) is 1.50. The van der Waals surface area contributed by atoms with Crippen LogP contribution in [-0.4, -0.2) is 30.6 Å². The molecule has 0 aromatic rings. The summed E-state index contributed by atoms with van der Waals surface area (Å²) >= 11 is 0. The van der Waals surface area contributed by atoms with Crippen molar-refractivity contribution in [3.63, 3.8) is 0 Å². The summed E-state index contributed by atoms with van der Waals surface area (Å²) in [7, 11) is 0. The maximum atomic E-state index is 5.64. The van der Waals surface area contributed by atoms with Crippen LogP contribution in [0.2, 0.25) is 0 Å². The zero-order valence-corrected chi connectivity index (χ0v) is 7.01. The molecule has 0 spiro atoms. The predicted molar refractivity (Wildman–Crippen MR) is 43.9 cm³/mol. The van der Waals surface area contributed by atoms with Crippen LogP contribution in [-0.2, 0) is 0 Å². The molecule has 1 saturated heterocycles. The fraction of sp³-hybridized carbons (Fsp3) is 1.00. The second kappa shape index (κ2) is 3.35. The maximum absolute atomic E-state index is 5.64. The van der Waals surface area contributed by atoms with Crippen LogP contribution >= 0.6 is 0 Å². The number of likely N-dealkylation sites (tertiary alicyclic amines) is 1. The van der Waals surface area contributed by atoms with Gasteiger partial charge in [0.1, 0.15) is 0 Å². The molecule has 2 N–H and O–H groups in total. The SMILES string of the molecule is CC(C)C(CN)N1CCC1. The molecule has 0 amide bonds. The average molecular weight is 142 g/mol. The summed E-state index contributed by atoms with van der Waals surface area (Å²) < 4.78 is 0. The molecule has 1 fully saturated rings. The summed E-state index contributed by atoms with van der Waals surface area (Å²) in [4.78, 5) is 2.48. The topological polar surface area (TPSA) is 29.3 Å². The lowest BCUT2D eigenvalue weighted by atomic mass is 9.99. The van der Waals surface area contributed by atoms with Crippen LogP contribution in [0.25, 0.3) is 0 Å². The summed E-state index contributed by atoms with van der Waals surface area (Å²) in [6, 6.07) is 0.633. The van der Waals surface area contributed by atoms with Gasteiger partial charge in [-0.3, -0.25) is 4.90 Å². The second-order valence-corrected chi connectivity index (χ2v) is 3.44. The van der Waals surface area contributed by atoms with Crippen molar-refractivity contribution < 1.29 is 0 Å². The van der Waals surface area contributed by atoms with Crippen LogP contribution < -0.4 is 5.73 Å². The molecule has 60 valence electrons. The molecule has 1 unspecified atom stereocenters. The molecular formula is C8H18N2. The van der Waals surface area contributed by atoms with Gasteiger partial charge in [-0.05, 0) is 25.4 Å². The predicted octanol–water partition coefficient (Wildman–Crippen LogP) is 0.675. The highest BCUT2D eigenvalue weighted by Crippen LogP contribution is 2.16. The van der Waals surface area contributed by atoms with Crippen molar-refractivity contribution in [2.24, 2.45) is 11.7 Å². The Morgan fingerprint density at radius 1 is 1.40 bits per heavy atom. The summed E-state index contributed by atoms with van der Waals surface area (Å²) in [5.74, 6) is 0.713. The molecule has 1 aliphatic rings. The molecule has 1 heterocycles. The standard InChI is InChI=1S/C8H18N2/c1-7(2)8(6-9)10-4-3-5-10/h7-8H,3-6,9H2,1-2H3. The first-order chi connectivity index (χ1) is 4.75. The largest absolute Gasteiger partial charge is 0.329 e. The van der Waals surface area contributed by atoms with E-state index in [0.29, 0.717) is 12.0 Å². The van der Waals surface area contributed by atoms with Crippen molar-refractivity contribution >= 4 is 0 Å². The van der Waals surface area contributed by atoms with Crippen molar-refractivity contribution in [3.05, 3.63) is 0 Å². The fourth-order valence-corrected chi connectivity index (χ4v) is 1.52. The number of rotatable bonds is 3. The lowest BCUT2D eigenvalue weighted by Gasteiger charge is -2.39. The summed E-state index contributed by atoms with van der Waals surface area (Å²) in [6.07, 6.45) is 1.36. The van der Waals surface area contributed by atoms with Crippen molar-refractivity contribution in [1.29, 1.82) is 0 Å². The molecule has 1 aliphatic heterocycles. The second-order valence-electron chi connectivity index (χ2n) is 3.44. The van der Waals surface area contributed by atoms with Crippen molar-refractivity contribution in [2.75, 3.05) is 19.6 Å². The Bertz CT molecular complexity index is 97.4. The van der Waals surface area contributed by atoms with Crippen molar-refractivity contribution in [2.45, 2.75) is 26.3 Å². The molecule has 1 rings (SSSR count). The molecular weight excluding hydrogens is 124 g/mol. The quantitative estimate of drug-likeness (QED) is 0.627. The van der Waals surface area contributed by atoms with Gasteiger partial charge in [0.05, 0.1) is 0 Å². The Morgan fingerprint density at radius 2 is 2.00 bits per heavy atom. The van der Waals surface area contributed by atoms with E-state index in [2.05, 4.69) is 18.7 Å². The maximum Gasteiger partial charge on any atom is 0.0241 e. The lowest BCUT2D eigenvalue weighted by Crippen LogP contribution is -2.50. The van der Waals surface area contributed by atoms with Crippen molar-refractivity contribution in [3.8, 4) is 0 Å². The van der Waals surface area contributed by atoms with Crippen LogP contribution in [0.3, 0.4) is 0 Å². The van der Waals surface area contributed by atoms with E-state index in [4.69, 9.17) is 5.73 Å². The number of hydrogen-bond acceptors (Lipinski definition) is 2. The Kier molecular flexibility index (Phi) is 2.69. The van der Waals surface area contributed by atoms with Gasteiger partial charge in [-0.2, -0.15) is 0 Å². The van der Waals surface area contributed by atoms with Crippen LogP contribution in [0.15, 0.2) is 0 Å². The smallest absolute Gasteiger partial charge is 0.0241 e. The number of nitrogens with zero attached hydrogens (tertiary/aromatic N) is 1. The molecule has 0 aliphatic carbocycles. The molecule has 2 heteroatoms. The molecule has 0 bridgehead atoms. The van der Waals surface area contributed by atoms with Gasteiger partial charge in [0.15, 0.2) is 0 Å². The van der Waals surface area contributed by atoms with Crippen molar-refractivity contribution in [1.82, 2.24) is 4.90 Å². The van der Waals surface area contributed by atoms with Crippen LogP contribution in [0.4, 0.5) is 0 Å². The highest BCUT2D eigenvalue weighted by molar-refractivity contribution is 4.80. The molecule has 0 radical (unpaired) electrons. The van der Waals surface area contributed by atoms with Gasteiger partial charge in [-0.25, -0.2) is 0 Å². The van der Waals surface area contributed by atoms with Crippen LogP contribution in [0, 0.1) is 5.92 Å². The minimum absolute atomic E-state index is 0.633. The van der Waals surface area contributed by atoms with Gasteiger partial charge in [-0.15, -0.1) is 0 Å². The van der Waals surface area contributed by atoms with E-state index in [1.165, 1.54) is 19.5 Å². The van der Waals surface area contributed by atoms with E-state index >= 15 is 0 Å². The van der Waals surface area contributed by atoms with E-state index < -0.39 is 0 Å². The van der Waals surface area contributed by atoms with Gasteiger partial charge in [-0.1, -0.05) is 13.8 Å². The summed E-state index contributed by atoms with van der Waals surface area (Å²) in [6.45, 7) is 7.84. The van der Waals surface area contributed by atoms with Gasteiger partial charge in [0.2, 0.25) is 0 Å². The molecule has 0 aromatic carbocycles. The molecule has 0 aromatic heterocycles. The Labute approximate surface area is 63.4 Å². The Hall–Kier alpha value is -0.0800. The van der Waals surface area contributed by atoms with Gasteiger partial charge in [0, 0.05) is 12.6 Å². The van der Waals surface area contributed by atoms with Crippen LogP contribution in [0.5, 0.6) is 0 Å². The first-order valence-corrected chi connectivity index (χ1v) is 4.20. The van der Waals surface area contributed by atoms with E-state index in [0.717, 1.165) is 6.54 Å². The first-order valence-electron chi connectivity index (χ1n) is 4.20. The highest BCUT2D eigenvalue weighted by atomic mass is 15.2. The lowest BCUT2D eigenvalue weighted by molar-refractivity contribution is 0.0926. The monoisotopic (exact) mass is 142 g/mol. The molecule has 0 saturated carbocycles. The number of hydrogen-bond donors (Lipinski definition) is 1. The minimum atomic E-state index is 0.633. The van der Waals surface area contributed by atoms with E-state index in [1.54, 1.807) is 0 Å². The molecule has 1 atom stereocenters. The molecule has 10 heavy (non-hydrogen) atoms.